The number of rotatable bonds is 5. The van der Waals surface area contributed by atoms with Crippen molar-refractivity contribution in [2.75, 3.05) is 13.1 Å². The third kappa shape index (κ3) is 4.91. The molecule has 0 saturated carbocycles. The molecule has 0 bridgehead atoms. The second-order valence-corrected chi connectivity index (χ2v) is 8.14. The monoisotopic (exact) mass is 455 g/mol. The fourth-order valence-corrected chi connectivity index (χ4v) is 4.11. The van der Waals surface area contributed by atoms with Crippen molar-refractivity contribution in [2.45, 2.75) is 18.8 Å². The van der Waals surface area contributed by atoms with E-state index in [-0.39, 0.29) is 17.6 Å². The van der Waals surface area contributed by atoms with Crippen LogP contribution in [0.25, 0.3) is 11.1 Å². The summed E-state index contributed by atoms with van der Waals surface area (Å²) in [5.41, 5.74) is 2.97. The van der Waals surface area contributed by atoms with Gasteiger partial charge in [-0.05, 0) is 37.1 Å². The van der Waals surface area contributed by atoms with E-state index in [9.17, 15) is 9.18 Å². The molecule has 0 N–H and O–H groups in total. The lowest BCUT2D eigenvalue weighted by molar-refractivity contribution is 0.0705. The molecule has 1 aromatic carbocycles. The number of benzene rings is 1. The van der Waals surface area contributed by atoms with Crippen molar-refractivity contribution in [1.29, 1.82) is 0 Å². The first kappa shape index (κ1) is 21.6. The molecular weight excluding hydrogens is 433 g/mol. The number of likely N-dealkylation sites (tertiary alicyclic amines) is 1. The number of halogens is 1. The lowest BCUT2D eigenvalue weighted by Gasteiger charge is -2.32. The lowest BCUT2D eigenvalue weighted by atomic mass is 9.93. The molecule has 1 saturated heterocycles. The molecule has 0 unspecified atom stereocenters. The average molecular weight is 455 g/mol. The summed E-state index contributed by atoms with van der Waals surface area (Å²) in [6.45, 7) is 1.22. The highest BCUT2D eigenvalue weighted by Gasteiger charge is 2.27. The number of nitrogens with zero attached hydrogens (tertiary/aromatic N) is 5. The second kappa shape index (κ2) is 9.74. The number of carbonyl (C=O) groups excluding carboxylic acids is 1. The molecule has 3 aromatic heterocycles. The standard InChI is InChI=1S/C26H22FN5O2/c27-22-5-1-6-23(11-22)34-25-8-2-7-24(31-25)18-4-3-9-32(16-18)26(33)20-10-19(12-28-13-20)21-14-29-17-30-15-21/h1-2,5-8,10-15,17-18H,3-4,9,16H2/t18-/m0/s1. The van der Waals surface area contributed by atoms with Crippen molar-refractivity contribution in [1.82, 2.24) is 24.8 Å². The van der Waals surface area contributed by atoms with Gasteiger partial charge in [0.1, 0.15) is 17.9 Å². The highest BCUT2D eigenvalue weighted by atomic mass is 19.1. The summed E-state index contributed by atoms with van der Waals surface area (Å²) in [7, 11) is 0. The zero-order valence-corrected chi connectivity index (χ0v) is 18.3. The van der Waals surface area contributed by atoms with Crippen LogP contribution < -0.4 is 4.74 Å². The maximum absolute atomic E-state index is 13.5. The van der Waals surface area contributed by atoms with Crippen LogP contribution in [0.5, 0.6) is 11.6 Å². The largest absolute Gasteiger partial charge is 0.439 e. The smallest absolute Gasteiger partial charge is 0.255 e. The summed E-state index contributed by atoms with van der Waals surface area (Å²) >= 11 is 0. The number of piperidine rings is 1. The van der Waals surface area contributed by atoms with E-state index in [0.717, 1.165) is 29.7 Å². The molecule has 0 aliphatic carbocycles. The van der Waals surface area contributed by atoms with Crippen LogP contribution in [-0.2, 0) is 0 Å². The maximum atomic E-state index is 13.5. The molecule has 34 heavy (non-hydrogen) atoms. The van der Waals surface area contributed by atoms with Gasteiger partial charge in [-0.1, -0.05) is 12.1 Å². The highest BCUT2D eigenvalue weighted by molar-refractivity contribution is 5.95. The number of ether oxygens (including phenoxy) is 1. The fraction of sp³-hybridized carbons (Fsp3) is 0.192. The van der Waals surface area contributed by atoms with Crippen LogP contribution in [0.15, 0.2) is 79.6 Å². The molecule has 1 aliphatic heterocycles. The van der Waals surface area contributed by atoms with Gasteiger partial charge in [0.15, 0.2) is 0 Å². The van der Waals surface area contributed by atoms with Crippen LogP contribution in [0.3, 0.4) is 0 Å². The predicted octanol–water partition coefficient (Wildman–Crippen LogP) is 4.88. The molecule has 5 rings (SSSR count). The summed E-state index contributed by atoms with van der Waals surface area (Å²) < 4.78 is 19.2. The van der Waals surface area contributed by atoms with E-state index >= 15 is 0 Å². The van der Waals surface area contributed by atoms with Gasteiger partial charge in [-0.15, -0.1) is 0 Å². The molecule has 8 heteroatoms. The molecule has 1 atom stereocenters. The van der Waals surface area contributed by atoms with Gasteiger partial charge in [-0.2, -0.15) is 0 Å². The van der Waals surface area contributed by atoms with Crippen molar-refractivity contribution in [3.8, 4) is 22.8 Å². The van der Waals surface area contributed by atoms with E-state index < -0.39 is 0 Å². The molecule has 4 aromatic rings. The van der Waals surface area contributed by atoms with E-state index in [1.807, 2.05) is 23.1 Å². The zero-order valence-electron chi connectivity index (χ0n) is 18.3. The summed E-state index contributed by atoms with van der Waals surface area (Å²) in [5, 5.41) is 0. The number of carbonyl (C=O) groups is 1. The first-order chi connectivity index (χ1) is 16.7. The third-order valence-electron chi connectivity index (χ3n) is 5.77. The molecule has 1 amide bonds. The lowest BCUT2D eigenvalue weighted by Crippen LogP contribution is -2.39. The minimum absolute atomic E-state index is 0.0666. The van der Waals surface area contributed by atoms with E-state index in [1.54, 1.807) is 43.0 Å². The van der Waals surface area contributed by atoms with Crippen molar-refractivity contribution in [2.24, 2.45) is 0 Å². The van der Waals surface area contributed by atoms with Crippen LogP contribution in [0.2, 0.25) is 0 Å². The summed E-state index contributed by atoms with van der Waals surface area (Å²) in [6.07, 6.45) is 9.92. The molecule has 4 heterocycles. The van der Waals surface area contributed by atoms with Crippen molar-refractivity contribution >= 4 is 5.91 Å². The Morgan fingerprint density at radius 3 is 2.65 bits per heavy atom. The van der Waals surface area contributed by atoms with E-state index in [0.29, 0.717) is 30.3 Å². The predicted molar refractivity (Wildman–Crippen MR) is 124 cm³/mol. The summed E-state index contributed by atoms with van der Waals surface area (Å²) in [5.74, 6) is 0.429. The molecule has 7 nitrogen and oxygen atoms in total. The highest BCUT2D eigenvalue weighted by Crippen LogP contribution is 2.29. The van der Waals surface area contributed by atoms with E-state index in [2.05, 4.69) is 19.9 Å². The molecule has 0 radical (unpaired) electrons. The Morgan fingerprint density at radius 2 is 1.79 bits per heavy atom. The van der Waals surface area contributed by atoms with Crippen LogP contribution in [0, 0.1) is 5.82 Å². The van der Waals surface area contributed by atoms with E-state index in [1.165, 1.54) is 18.5 Å². The van der Waals surface area contributed by atoms with Crippen LogP contribution >= 0.6 is 0 Å². The molecule has 1 fully saturated rings. The van der Waals surface area contributed by atoms with Crippen molar-refractivity contribution in [3.63, 3.8) is 0 Å². The SMILES string of the molecule is O=C(c1cncc(-c2cncnc2)c1)N1CCC[C@H](c2cccc(Oc3cccc(F)c3)n2)C1. The number of hydrogen-bond donors (Lipinski definition) is 0. The fourth-order valence-electron chi connectivity index (χ4n) is 4.11. The minimum atomic E-state index is -0.367. The Hall–Kier alpha value is -4.20. The number of aromatic nitrogens is 4. The molecule has 0 spiro atoms. The van der Waals surface area contributed by atoms with Gasteiger partial charge in [0.25, 0.3) is 5.91 Å². The van der Waals surface area contributed by atoms with Crippen LogP contribution in [0.4, 0.5) is 4.39 Å². The van der Waals surface area contributed by atoms with E-state index in [4.69, 9.17) is 4.74 Å². The van der Waals surface area contributed by atoms with Gasteiger partial charge in [0.05, 0.1) is 5.56 Å². The van der Waals surface area contributed by atoms with Gasteiger partial charge < -0.3 is 9.64 Å². The van der Waals surface area contributed by atoms with Crippen LogP contribution in [0.1, 0.15) is 34.8 Å². The number of pyridine rings is 2. The third-order valence-corrected chi connectivity index (χ3v) is 5.77. The first-order valence-corrected chi connectivity index (χ1v) is 11.1. The molecular formula is C26H22FN5O2. The number of amides is 1. The van der Waals surface area contributed by atoms with Gasteiger partial charge in [0, 0.05) is 72.7 Å². The summed E-state index contributed by atoms with van der Waals surface area (Å²) in [4.78, 5) is 32.1. The van der Waals surface area contributed by atoms with Crippen molar-refractivity contribution < 1.29 is 13.9 Å². The van der Waals surface area contributed by atoms with Crippen LogP contribution in [-0.4, -0.2) is 43.8 Å². The first-order valence-electron chi connectivity index (χ1n) is 11.1. The summed E-state index contributed by atoms with van der Waals surface area (Å²) in [6, 6.07) is 13.3. The number of hydrogen-bond acceptors (Lipinski definition) is 6. The maximum Gasteiger partial charge on any atom is 0.255 e. The zero-order chi connectivity index (χ0) is 23.3. The van der Waals surface area contributed by atoms with Crippen molar-refractivity contribution in [3.05, 3.63) is 96.7 Å². The van der Waals surface area contributed by atoms with Gasteiger partial charge in [0.2, 0.25) is 5.88 Å². The quantitative estimate of drug-likeness (QED) is 0.426. The Bertz CT molecular complexity index is 1300. The Labute approximate surface area is 196 Å². The normalized spacial score (nSPS) is 15.7. The Kier molecular flexibility index (Phi) is 6.20. The minimum Gasteiger partial charge on any atom is -0.439 e. The average Bonchev–Trinajstić information content (AvgIpc) is 2.89. The van der Waals surface area contributed by atoms with Gasteiger partial charge >= 0.3 is 0 Å². The molecule has 1 aliphatic rings. The van der Waals surface area contributed by atoms with Gasteiger partial charge in [-0.25, -0.2) is 19.3 Å². The topological polar surface area (TPSA) is 81.1 Å². The molecule has 170 valence electrons. The second-order valence-electron chi connectivity index (χ2n) is 8.14. The Balaban J connectivity index is 1.31. The Morgan fingerprint density at radius 1 is 0.971 bits per heavy atom. The van der Waals surface area contributed by atoms with Gasteiger partial charge in [-0.3, -0.25) is 9.78 Å².